The molecule has 1 saturated heterocycles. The van der Waals surface area contributed by atoms with Crippen LogP contribution in [0.5, 0.6) is 5.75 Å². The molecule has 2 N–H and O–H groups in total. The molecule has 1 heterocycles. The molecular formula is C16H24N2O3. The van der Waals surface area contributed by atoms with Crippen LogP contribution in [-0.2, 0) is 16.1 Å². The fraction of sp³-hybridized carbons (Fsp3) is 0.562. The van der Waals surface area contributed by atoms with Gasteiger partial charge in [-0.15, -0.1) is 0 Å². The van der Waals surface area contributed by atoms with Crippen LogP contribution in [0.25, 0.3) is 0 Å². The number of hydrogen-bond acceptors (Lipinski definition) is 5. The Morgan fingerprint density at radius 3 is 2.67 bits per heavy atom. The molecule has 2 unspecified atom stereocenters. The fourth-order valence-corrected chi connectivity index (χ4v) is 2.72. The molecule has 0 aliphatic carbocycles. The molecule has 2 rings (SSSR count). The fourth-order valence-electron chi connectivity index (χ4n) is 2.72. The van der Waals surface area contributed by atoms with Gasteiger partial charge in [-0.1, -0.05) is 19.1 Å². The molecule has 1 aromatic carbocycles. The second-order valence-electron chi connectivity index (χ2n) is 5.56. The average Bonchev–Trinajstić information content (AvgIpc) is 2.88. The van der Waals surface area contributed by atoms with Crippen LogP contribution in [-0.4, -0.2) is 44.2 Å². The van der Waals surface area contributed by atoms with E-state index in [1.165, 1.54) is 7.11 Å². The molecule has 21 heavy (non-hydrogen) atoms. The lowest BCUT2D eigenvalue weighted by molar-refractivity contribution is -0.146. The van der Waals surface area contributed by atoms with E-state index in [-0.39, 0.29) is 11.9 Å². The number of methoxy groups -OCH3 is 1. The van der Waals surface area contributed by atoms with Crippen molar-refractivity contribution in [2.45, 2.75) is 13.5 Å². The Bertz CT molecular complexity index is 461. The molecule has 116 valence electrons. The summed E-state index contributed by atoms with van der Waals surface area (Å²) in [6, 6.07) is 7.82. The number of carbonyl (C=O) groups is 1. The summed E-state index contributed by atoms with van der Waals surface area (Å²) >= 11 is 0. The maximum absolute atomic E-state index is 11.6. The zero-order valence-corrected chi connectivity index (χ0v) is 12.7. The van der Waals surface area contributed by atoms with Crippen LogP contribution in [0.1, 0.15) is 12.5 Å². The van der Waals surface area contributed by atoms with Crippen LogP contribution in [0.15, 0.2) is 24.3 Å². The van der Waals surface area contributed by atoms with Gasteiger partial charge in [-0.3, -0.25) is 9.69 Å². The molecule has 2 atom stereocenters. The highest BCUT2D eigenvalue weighted by Gasteiger charge is 2.35. The Kier molecular flexibility index (Phi) is 5.59. The zero-order valence-electron chi connectivity index (χ0n) is 12.7. The van der Waals surface area contributed by atoms with Crippen molar-refractivity contribution in [3.05, 3.63) is 29.8 Å². The van der Waals surface area contributed by atoms with Gasteiger partial charge < -0.3 is 15.2 Å². The molecule has 0 radical (unpaired) electrons. The summed E-state index contributed by atoms with van der Waals surface area (Å²) in [5, 5.41) is 0. The molecule has 1 aliphatic heterocycles. The first-order chi connectivity index (χ1) is 10.1. The van der Waals surface area contributed by atoms with Crippen molar-refractivity contribution in [3.8, 4) is 5.75 Å². The van der Waals surface area contributed by atoms with Crippen molar-refractivity contribution < 1.29 is 14.3 Å². The molecule has 1 aromatic rings. The van der Waals surface area contributed by atoms with Crippen molar-refractivity contribution in [1.82, 2.24) is 4.90 Å². The molecule has 0 bridgehead atoms. The van der Waals surface area contributed by atoms with Crippen molar-refractivity contribution in [3.63, 3.8) is 0 Å². The summed E-state index contributed by atoms with van der Waals surface area (Å²) in [6.45, 7) is 5.73. The van der Waals surface area contributed by atoms with E-state index in [0.29, 0.717) is 19.1 Å². The molecule has 5 nitrogen and oxygen atoms in total. The van der Waals surface area contributed by atoms with Gasteiger partial charge in [-0.25, -0.2) is 0 Å². The smallest absolute Gasteiger partial charge is 0.310 e. The number of carbonyl (C=O) groups excluding carboxylic acids is 1. The molecule has 0 aromatic heterocycles. The first kappa shape index (κ1) is 15.8. The highest BCUT2D eigenvalue weighted by atomic mass is 16.5. The minimum atomic E-state index is -0.108. The zero-order chi connectivity index (χ0) is 15.2. The van der Waals surface area contributed by atoms with Crippen molar-refractivity contribution in [2.75, 3.05) is 33.4 Å². The second kappa shape index (κ2) is 7.43. The first-order valence-corrected chi connectivity index (χ1v) is 7.36. The van der Waals surface area contributed by atoms with E-state index in [1.807, 2.05) is 24.3 Å². The van der Waals surface area contributed by atoms with Crippen LogP contribution in [0, 0.1) is 11.8 Å². The summed E-state index contributed by atoms with van der Waals surface area (Å²) < 4.78 is 10.6. The van der Waals surface area contributed by atoms with Gasteiger partial charge in [0, 0.05) is 26.2 Å². The number of ether oxygens (including phenoxy) is 2. The van der Waals surface area contributed by atoms with E-state index >= 15 is 0 Å². The minimum Gasteiger partial charge on any atom is -0.492 e. The maximum atomic E-state index is 11.6. The van der Waals surface area contributed by atoms with Crippen molar-refractivity contribution in [1.29, 1.82) is 0 Å². The summed E-state index contributed by atoms with van der Waals surface area (Å²) in [5.41, 5.74) is 6.65. The minimum absolute atomic E-state index is 0.0150. The highest BCUT2D eigenvalue weighted by molar-refractivity contribution is 5.73. The van der Waals surface area contributed by atoms with Crippen LogP contribution in [0.3, 0.4) is 0 Å². The van der Waals surface area contributed by atoms with Crippen LogP contribution < -0.4 is 10.5 Å². The number of hydrogen-bond donors (Lipinski definition) is 1. The van der Waals surface area contributed by atoms with Gasteiger partial charge in [0.05, 0.1) is 13.0 Å². The molecule has 0 spiro atoms. The Hall–Kier alpha value is -1.59. The quantitative estimate of drug-likeness (QED) is 0.800. The number of nitrogens with zero attached hydrogens (tertiary/aromatic N) is 1. The van der Waals surface area contributed by atoms with Gasteiger partial charge in [0.2, 0.25) is 0 Å². The lowest BCUT2D eigenvalue weighted by Gasteiger charge is -2.16. The van der Waals surface area contributed by atoms with Gasteiger partial charge in [0.15, 0.2) is 0 Å². The van der Waals surface area contributed by atoms with E-state index in [2.05, 4.69) is 11.8 Å². The number of esters is 1. The predicted molar refractivity (Wildman–Crippen MR) is 80.9 cm³/mol. The van der Waals surface area contributed by atoms with Gasteiger partial charge in [-0.05, 0) is 23.6 Å². The molecule has 0 saturated carbocycles. The summed E-state index contributed by atoms with van der Waals surface area (Å²) in [5.74, 6) is 1.06. The molecular weight excluding hydrogens is 268 g/mol. The van der Waals surface area contributed by atoms with Gasteiger partial charge in [0.1, 0.15) is 12.4 Å². The van der Waals surface area contributed by atoms with Gasteiger partial charge >= 0.3 is 5.97 Å². The average molecular weight is 292 g/mol. The Balaban J connectivity index is 1.75. The molecule has 1 aliphatic rings. The standard InChI is InChI=1S/C16H24N2O3/c1-12-10-18(11-15(12)16(19)20-2)7-8-21-14-5-3-13(9-17)4-6-14/h3-6,12,15H,7-11,17H2,1-2H3. The second-order valence-corrected chi connectivity index (χ2v) is 5.56. The maximum Gasteiger partial charge on any atom is 0.310 e. The third kappa shape index (κ3) is 4.19. The third-order valence-electron chi connectivity index (χ3n) is 4.03. The topological polar surface area (TPSA) is 64.8 Å². The number of nitrogens with two attached hydrogens (primary N) is 1. The third-order valence-corrected chi connectivity index (χ3v) is 4.03. The summed E-state index contributed by atoms with van der Waals surface area (Å²) in [6.07, 6.45) is 0. The number of likely N-dealkylation sites (tertiary alicyclic amines) is 1. The Morgan fingerprint density at radius 2 is 2.05 bits per heavy atom. The largest absolute Gasteiger partial charge is 0.492 e. The Labute approximate surface area is 126 Å². The van der Waals surface area contributed by atoms with E-state index in [4.69, 9.17) is 15.2 Å². The lowest BCUT2D eigenvalue weighted by Crippen LogP contribution is -2.28. The first-order valence-electron chi connectivity index (χ1n) is 7.36. The van der Waals surface area contributed by atoms with Crippen LogP contribution in [0.2, 0.25) is 0 Å². The summed E-state index contributed by atoms with van der Waals surface area (Å²) in [4.78, 5) is 13.9. The van der Waals surface area contributed by atoms with E-state index < -0.39 is 0 Å². The summed E-state index contributed by atoms with van der Waals surface area (Å²) in [7, 11) is 1.45. The molecule has 5 heteroatoms. The number of rotatable bonds is 6. The van der Waals surface area contributed by atoms with Crippen LogP contribution >= 0.6 is 0 Å². The monoisotopic (exact) mass is 292 g/mol. The van der Waals surface area contributed by atoms with Crippen molar-refractivity contribution >= 4 is 5.97 Å². The van der Waals surface area contributed by atoms with Gasteiger partial charge in [0.25, 0.3) is 0 Å². The normalized spacial score (nSPS) is 22.2. The Morgan fingerprint density at radius 1 is 1.33 bits per heavy atom. The van der Waals surface area contributed by atoms with E-state index in [0.717, 1.165) is 30.9 Å². The van der Waals surface area contributed by atoms with Gasteiger partial charge in [-0.2, -0.15) is 0 Å². The molecule has 0 amide bonds. The van der Waals surface area contributed by atoms with Crippen LogP contribution in [0.4, 0.5) is 0 Å². The lowest BCUT2D eigenvalue weighted by atomic mass is 9.99. The predicted octanol–water partition coefficient (Wildman–Crippen LogP) is 1.26. The number of benzene rings is 1. The van der Waals surface area contributed by atoms with E-state index in [1.54, 1.807) is 0 Å². The highest BCUT2D eigenvalue weighted by Crippen LogP contribution is 2.23. The SMILES string of the molecule is COC(=O)C1CN(CCOc2ccc(CN)cc2)CC1C. The van der Waals surface area contributed by atoms with Crippen molar-refractivity contribution in [2.24, 2.45) is 17.6 Å². The van der Waals surface area contributed by atoms with E-state index in [9.17, 15) is 4.79 Å². The molecule has 1 fully saturated rings.